The largest absolute Gasteiger partial charge is 0.324 e. The molecule has 2 heterocycles. The zero-order valence-corrected chi connectivity index (χ0v) is 11.1. The lowest BCUT2D eigenvalue weighted by molar-refractivity contribution is -0.117. The summed E-state index contributed by atoms with van der Waals surface area (Å²) in [5.41, 5.74) is 3.56. The quantitative estimate of drug-likeness (QED) is 0.897. The molecule has 0 saturated heterocycles. The van der Waals surface area contributed by atoms with E-state index in [0.29, 0.717) is 0 Å². The monoisotopic (exact) mass is 278 g/mol. The number of rotatable bonds is 3. The number of carbonyl (C=O) groups is 1. The molecule has 1 aliphatic heterocycles. The van der Waals surface area contributed by atoms with Crippen LogP contribution >= 0.6 is 23.1 Å². The topological polar surface area (TPSA) is 66.9 Å². The summed E-state index contributed by atoms with van der Waals surface area (Å²) < 4.78 is 0.893. The highest BCUT2D eigenvalue weighted by atomic mass is 32.2. The Morgan fingerprint density at radius 3 is 3.11 bits per heavy atom. The summed E-state index contributed by atoms with van der Waals surface area (Å²) in [6.45, 7) is 0. The number of aromatic nitrogens is 2. The second kappa shape index (κ2) is 4.68. The molecule has 92 valence electrons. The highest BCUT2D eigenvalue weighted by Gasteiger charge is 2.29. The van der Waals surface area contributed by atoms with Crippen LogP contribution in [-0.4, -0.2) is 23.2 Å². The van der Waals surface area contributed by atoms with Crippen LogP contribution in [0.15, 0.2) is 32.9 Å². The van der Waals surface area contributed by atoms with Gasteiger partial charge in [-0.05, 0) is 19.2 Å². The van der Waals surface area contributed by atoms with Crippen molar-refractivity contribution in [2.45, 2.75) is 15.3 Å². The highest BCUT2D eigenvalue weighted by Crippen LogP contribution is 2.36. The van der Waals surface area contributed by atoms with E-state index in [9.17, 15) is 4.79 Å². The van der Waals surface area contributed by atoms with Crippen LogP contribution in [-0.2, 0) is 4.79 Å². The number of fused-ring (bicyclic) bond motifs is 1. The Morgan fingerprint density at radius 2 is 2.39 bits per heavy atom. The third kappa shape index (κ3) is 2.00. The van der Waals surface area contributed by atoms with Gasteiger partial charge in [-0.25, -0.2) is 0 Å². The first-order chi connectivity index (χ1) is 8.78. The average molecular weight is 278 g/mol. The number of likely N-dealkylation sites (N-methyl/N-ethyl adjacent to an activating group) is 1. The molecule has 1 unspecified atom stereocenters. The van der Waals surface area contributed by atoms with Crippen molar-refractivity contribution in [3.8, 4) is 0 Å². The molecule has 1 atom stereocenters. The van der Waals surface area contributed by atoms with Crippen molar-refractivity contribution in [2.75, 3.05) is 12.4 Å². The van der Waals surface area contributed by atoms with E-state index in [2.05, 4.69) is 20.8 Å². The Bertz CT molecular complexity index is 585. The van der Waals surface area contributed by atoms with E-state index in [1.54, 1.807) is 24.3 Å². The Hall–Kier alpha value is -1.44. The van der Waals surface area contributed by atoms with Crippen LogP contribution in [0, 0.1) is 0 Å². The third-order valence-electron chi connectivity index (χ3n) is 2.69. The zero-order chi connectivity index (χ0) is 12.5. The normalized spacial score (nSPS) is 17.6. The number of benzene rings is 1. The van der Waals surface area contributed by atoms with Gasteiger partial charge in [-0.15, -0.1) is 10.2 Å². The number of carbonyl (C=O) groups excluding carboxylic acids is 1. The van der Waals surface area contributed by atoms with E-state index in [4.69, 9.17) is 0 Å². The first-order valence-corrected chi connectivity index (χ1v) is 7.03. The average Bonchev–Trinajstić information content (AvgIpc) is 2.95. The van der Waals surface area contributed by atoms with Gasteiger partial charge in [-0.2, -0.15) is 0 Å². The van der Waals surface area contributed by atoms with Crippen LogP contribution in [0.25, 0.3) is 0 Å². The second-order valence-corrected chi connectivity index (χ2v) is 5.92. The van der Waals surface area contributed by atoms with E-state index < -0.39 is 0 Å². The molecule has 2 aromatic rings. The molecule has 3 rings (SSSR count). The molecule has 0 radical (unpaired) electrons. The van der Waals surface area contributed by atoms with Crippen LogP contribution in [0.5, 0.6) is 0 Å². The molecular weight excluding hydrogens is 268 g/mol. The lowest BCUT2D eigenvalue weighted by Gasteiger charge is -2.06. The van der Waals surface area contributed by atoms with Crippen molar-refractivity contribution in [1.82, 2.24) is 15.5 Å². The Labute approximate surface area is 112 Å². The van der Waals surface area contributed by atoms with Crippen molar-refractivity contribution >= 4 is 34.7 Å². The van der Waals surface area contributed by atoms with E-state index in [0.717, 1.165) is 20.5 Å². The van der Waals surface area contributed by atoms with Crippen molar-refractivity contribution in [2.24, 2.45) is 0 Å². The molecule has 5 nitrogen and oxygen atoms in total. The Kier molecular flexibility index (Phi) is 3.02. The maximum atomic E-state index is 11.7. The standard InChI is InChI=1S/C11H10N4OS2/c1-12-9-7-3-2-6(4-8(7)14-10(9)16)18-11-15-13-5-17-11/h2-5,9,12H,1H3,(H,14,16). The van der Waals surface area contributed by atoms with Gasteiger partial charge < -0.3 is 10.6 Å². The summed E-state index contributed by atoms with van der Waals surface area (Å²) in [7, 11) is 1.78. The summed E-state index contributed by atoms with van der Waals surface area (Å²) in [4.78, 5) is 12.7. The third-order valence-corrected chi connectivity index (χ3v) is 4.46. The van der Waals surface area contributed by atoms with Gasteiger partial charge in [-0.3, -0.25) is 4.79 Å². The van der Waals surface area contributed by atoms with E-state index in [1.165, 1.54) is 11.3 Å². The van der Waals surface area contributed by atoms with E-state index >= 15 is 0 Å². The summed E-state index contributed by atoms with van der Waals surface area (Å²) in [5.74, 6) is -0.00874. The van der Waals surface area contributed by atoms with Gasteiger partial charge in [0, 0.05) is 16.1 Å². The van der Waals surface area contributed by atoms with Crippen molar-refractivity contribution in [3.05, 3.63) is 29.3 Å². The molecule has 0 spiro atoms. The van der Waals surface area contributed by atoms with Crippen molar-refractivity contribution in [1.29, 1.82) is 0 Å². The van der Waals surface area contributed by atoms with Crippen LogP contribution < -0.4 is 10.6 Å². The number of nitrogens with zero attached hydrogens (tertiary/aromatic N) is 2. The first kappa shape index (κ1) is 11.6. The number of amides is 1. The lowest BCUT2D eigenvalue weighted by Crippen LogP contribution is -2.23. The smallest absolute Gasteiger partial charge is 0.246 e. The van der Waals surface area contributed by atoms with Crippen molar-refractivity contribution < 1.29 is 4.79 Å². The minimum absolute atomic E-state index is 0.00874. The highest BCUT2D eigenvalue weighted by molar-refractivity contribution is 8.01. The SMILES string of the molecule is CNC1C(=O)Nc2cc(Sc3nncs3)ccc21. The molecule has 1 aromatic carbocycles. The first-order valence-electron chi connectivity index (χ1n) is 5.34. The number of nitrogens with one attached hydrogen (secondary N) is 2. The Balaban J connectivity index is 1.89. The van der Waals surface area contributed by atoms with Gasteiger partial charge >= 0.3 is 0 Å². The molecule has 0 fully saturated rings. The fraction of sp³-hybridized carbons (Fsp3) is 0.182. The van der Waals surface area contributed by atoms with Gasteiger partial charge in [0.25, 0.3) is 0 Å². The van der Waals surface area contributed by atoms with Gasteiger partial charge in [0.05, 0.1) is 0 Å². The fourth-order valence-corrected chi connectivity index (χ4v) is 3.39. The predicted octanol–water partition coefficient (Wildman–Crippen LogP) is 1.90. The molecule has 1 amide bonds. The molecule has 1 aliphatic rings. The minimum Gasteiger partial charge on any atom is -0.324 e. The van der Waals surface area contributed by atoms with Crippen LogP contribution in [0.4, 0.5) is 5.69 Å². The molecule has 7 heteroatoms. The van der Waals surface area contributed by atoms with Crippen LogP contribution in [0.3, 0.4) is 0 Å². The lowest BCUT2D eigenvalue weighted by atomic mass is 10.1. The number of anilines is 1. The van der Waals surface area contributed by atoms with Gasteiger partial charge in [0.15, 0.2) is 4.34 Å². The maximum absolute atomic E-state index is 11.7. The second-order valence-electron chi connectivity index (χ2n) is 3.77. The number of hydrogen-bond acceptors (Lipinski definition) is 6. The summed E-state index contributed by atoms with van der Waals surface area (Å²) in [6, 6.07) is 5.68. The molecule has 0 bridgehead atoms. The van der Waals surface area contributed by atoms with Gasteiger partial charge in [-0.1, -0.05) is 29.2 Å². The number of hydrogen-bond donors (Lipinski definition) is 2. The van der Waals surface area contributed by atoms with Crippen molar-refractivity contribution in [3.63, 3.8) is 0 Å². The molecule has 18 heavy (non-hydrogen) atoms. The van der Waals surface area contributed by atoms with E-state index in [-0.39, 0.29) is 11.9 Å². The zero-order valence-electron chi connectivity index (χ0n) is 9.51. The summed E-state index contributed by atoms with van der Waals surface area (Å²) >= 11 is 3.04. The van der Waals surface area contributed by atoms with Gasteiger partial charge in [0.2, 0.25) is 5.91 Å². The molecular formula is C11H10N4OS2. The summed E-state index contributed by atoms with van der Waals surface area (Å²) in [6.07, 6.45) is 0. The van der Waals surface area contributed by atoms with Crippen LogP contribution in [0.1, 0.15) is 11.6 Å². The van der Waals surface area contributed by atoms with Gasteiger partial charge in [0.1, 0.15) is 11.6 Å². The molecule has 1 aromatic heterocycles. The fourth-order valence-electron chi connectivity index (χ4n) is 1.90. The molecule has 0 saturated carbocycles. The Morgan fingerprint density at radius 1 is 1.50 bits per heavy atom. The maximum Gasteiger partial charge on any atom is 0.246 e. The summed E-state index contributed by atoms with van der Waals surface area (Å²) in [5, 5.41) is 13.6. The molecule has 2 N–H and O–H groups in total. The minimum atomic E-state index is -0.249. The van der Waals surface area contributed by atoms with Crippen LogP contribution in [0.2, 0.25) is 0 Å². The van der Waals surface area contributed by atoms with E-state index in [1.807, 2.05) is 18.2 Å². The predicted molar refractivity (Wildman–Crippen MR) is 70.9 cm³/mol. The molecule has 0 aliphatic carbocycles.